The number of benzene rings is 3. The number of aliphatic carboxylic acids is 1. The molecule has 5 nitrogen and oxygen atoms in total. The molecule has 0 bridgehead atoms. The Morgan fingerprint density at radius 3 is 2.14 bits per heavy atom. The standard InChI is InChI=1S/C24H24O5/c1-27-20-11-13-21(14-12-20)28-15-16-29-23-10-6-5-9-19(23)17-22(24(25)26)18-7-3-2-4-8-18/h2-14,22H,15-17H2,1H3,(H,25,26). The van der Waals surface area contributed by atoms with Gasteiger partial charge in [0.2, 0.25) is 0 Å². The smallest absolute Gasteiger partial charge is 0.311 e. The Hall–Kier alpha value is -3.47. The van der Waals surface area contributed by atoms with Gasteiger partial charge >= 0.3 is 5.97 Å². The fourth-order valence-electron chi connectivity index (χ4n) is 3.05. The molecule has 3 aromatic carbocycles. The van der Waals surface area contributed by atoms with Crippen LogP contribution < -0.4 is 14.2 Å². The highest BCUT2D eigenvalue weighted by atomic mass is 16.5. The van der Waals surface area contributed by atoms with Gasteiger partial charge < -0.3 is 19.3 Å². The summed E-state index contributed by atoms with van der Waals surface area (Å²) in [4.78, 5) is 11.8. The normalized spacial score (nSPS) is 11.5. The third-order valence-corrected chi connectivity index (χ3v) is 4.57. The number of hydrogen-bond acceptors (Lipinski definition) is 4. The fourth-order valence-corrected chi connectivity index (χ4v) is 3.05. The highest BCUT2D eigenvalue weighted by Gasteiger charge is 2.21. The van der Waals surface area contributed by atoms with Gasteiger partial charge in [0.15, 0.2) is 0 Å². The molecular formula is C24H24O5. The number of carbonyl (C=O) groups is 1. The van der Waals surface area contributed by atoms with Gasteiger partial charge in [0.25, 0.3) is 0 Å². The van der Waals surface area contributed by atoms with E-state index in [2.05, 4.69) is 0 Å². The molecule has 0 radical (unpaired) electrons. The van der Waals surface area contributed by atoms with Gasteiger partial charge in [-0.1, -0.05) is 48.5 Å². The topological polar surface area (TPSA) is 65.0 Å². The van der Waals surface area contributed by atoms with Gasteiger partial charge in [-0.05, 0) is 47.9 Å². The quantitative estimate of drug-likeness (QED) is 0.512. The molecule has 3 aromatic rings. The van der Waals surface area contributed by atoms with Crippen LogP contribution in [0.1, 0.15) is 17.0 Å². The van der Waals surface area contributed by atoms with Crippen LogP contribution in [0.2, 0.25) is 0 Å². The van der Waals surface area contributed by atoms with Crippen molar-refractivity contribution in [2.24, 2.45) is 0 Å². The van der Waals surface area contributed by atoms with E-state index >= 15 is 0 Å². The second-order valence-corrected chi connectivity index (χ2v) is 6.49. The van der Waals surface area contributed by atoms with E-state index in [1.165, 1.54) is 0 Å². The van der Waals surface area contributed by atoms with Crippen LogP contribution in [0.3, 0.4) is 0 Å². The Bertz CT molecular complexity index is 906. The Balaban J connectivity index is 1.60. The molecule has 0 aliphatic rings. The summed E-state index contributed by atoms with van der Waals surface area (Å²) in [5.41, 5.74) is 1.63. The summed E-state index contributed by atoms with van der Waals surface area (Å²) in [5.74, 6) is 0.699. The van der Waals surface area contributed by atoms with E-state index < -0.39 is 11.9 Å². The summed E-state index contributed by atoms with van der Waals surface area (Å²) >= 11 is 0. The third kappa shape index (κ3) is 5.75. The molecule has 3 rings (SSSR count). The Kier molecular flexibility index (Phi) is 7.11. The van der Waals surface area contributed by atoms with Crippen molar-refractivity contribution in [1.29, 1.82) is 0 Å². The van der Waals surface area contributed by atoms with E-state index in [1.807, 2.05) is 78.9 Å². The zero-order valence-electron chi connectivity index (χ0n) is 16.3. The third-order valence-electron chi connectivity index (χ3n) is 4.57. The zero-order valence-corrected chi connectivity index (χ0v) is 16.3. The van der Waals surface area contributed by atoms with Gasteiger partial charge in [-0.25, -0.2) is 0 Å². The summed E-state index contributed by atoms with van der Waals surface area (Å²) in [6.07, 6.45) is 0.356. The second-order valence-electron chi connectivity index (χ2n) is 6.49. The molecule has 150 valence electrons. The lowest BCUT2D eigenvalue weighted by atomic mass is 9.92. The Labute approximate surface area is 170 Å². The molecule has 0 aliphatic carbocycles. The van der Waals surface area contributed by atoms with E-state index in [4.69, 9.17) is 14.2 Å². The lowest BCUT2D eigenvalue weighted by Gasteiger charge is -2.16. The van der Waals surface area contributed by atoms with E-state index in [0.29, 0.717) is 25.4 Å². The molecule has 0 spiro atoms. The maximum Gasteiger partial charge on any atom is 0.311 e. The van der Waals surface area contributed by atoms with Crippen LogP contribution in [0, 0.1) is 0 Å². The summed E-state index contributed by atoms with van der Waals surface area (Å²) < 4.78 is 16.7. The van der Waals surface area contributed by atoms with E-state index in [9.17, 15) is 9.90 Å². The van der Waals surface area contributed by atoms with Crippen molar-refractivity contribution >= 4 is 5.97 Å². The van der Waals surface area contributed by atoms with Gasteiger partial charge in [-0.15, -0.1) is 0 Å². The van der Waals surface area contributed by atoms with Crippen LogP contribution in [-0.2, 0) is 11.2 Å². The molecule has 0 saturated heterocycles. The summed E-state index contributed by atoms with van der Waals surface area (Å²) in [6.45, 7) is 0.730. The highest BCUT2D eigenvalue weighted by Crippen LogP contribution is 2.27. The van der Waals surface area contributed by atoms with Gasteiger partial charge in [0, 0.05) is 0 Å². The minimum absolute atomic E-state index is 0.353. The minimum Gasteiger partial charge on any atom is -0.497 e. The maximum absolute atomic E-state index is 11.8. The maximum atomic E-state index is 11.8. The lowest BCUT2D eigenvalue weighted by molar-refractivity contribution is -0.138. The van der Waals surface area contributed by atoms with Crippen molar-refractivity contribution in [3.8, 4) is 17.2 Å². The SMILES string of the molecule is COc1ccc(OCCOc2ccccc2CC(C(=O)O)c2ccccc2)cc1. The van der Waals surface area contributed by atoms with E-state index in [-0.39, 0.29) is 0 Å². The second kappa shape index (κ2) is 10.2. The number of carboxylic acids is 1. The molecule has 5 heteroatoms. The van der Waals surface area contributed by atoms with Crippen molar-refractivity contribution in [3.63, 3.8) is 0 Å². The van der Waals surface area contributed by atoms with Crippen molar-refractivity contribution in [2.45, 2.75) is 12.3 Å². The molecule has 1 unspecified atom stereocenters. The first kappa shape index (κ1) is 20.3. The predicted molar refractivity (Wildman–Crippen MR) is 111 cm³/mol. The van der Waals surface area contributed by atoms with Crippen LogP contribution >= 0.6 is 0 Å². The van der Waals surface area contributed by atoms with Gasteiger partial charge in [0.05, 0.1) is 13.0 Å². The van der Waals surface area contributed by atoms with Crippen molar-refractivity contribution < 1.29 is 24.1 Å². The number of ether oxygens (including phenoxy) is 3. The van der Waals surface area contributed by atoms with Crippen LogP contribution in [0.15, 0.2) is 78.9 Å². The lowest BCUT2D eigenvalue weighted by Crippen LogP contribution is -2.16. The molecule has 1 atom stereocenters. The molecule has 1 N–H and O–H groups in total. The van der Waals surface area contributed by atoms with E-state index in [0.717, 1.165) is 22.6 Å². The molecule has 0 heterocycles. The predicted octanol–water partition coefficient (Wildman–Crippen LogP) is 4.56. The average Bonchev–Trinajstić information content (AvgIpc) is 2.76. The Morgan fingerprint density at radius 1 is 0.828 bits per heavy atom. The van der Waals surface area contributed by atoms with Crippen LogP contribution in [0.4, 0.5) is 0 Å². The fraction of sp³-hybridized carbons (Fsp3) is 0.208. The number of methoxy groups -OCH3 is 1. The van der Waals surface area contributed by atoms with E-state index in [1.54, 1.807) is 7.11 Å². The van der Waals surface area contributed by atoms with Gasteiger partial charge in [-0.2, -0.15) is 0 Å². The molecule has 0 saturated carbocycles. The summed E-state index contributed by atoms with van der Waals surface area (Å²) in [7, 11) is 1.62. The molecular weight excluding hydrogens is 368 g/mol. The molecule has 0 aliphatic heterocycles. The average molecular weight is 392 g/mol. The van der Waals surface area contributed by atoms with Gasteiger partial charge in [0.1, 0.15) is 30.5 Å². The Morgan fingerprint density at radius 2 is 1.45 bits per heavy atom. The monoisotopic (exact) mass is 392 g/mol. The summed E-state index contributed by atoms with van der Waals surface area (Å²) in [5, 5.41) is 9.69. The highest BCUT2D eigenvalue weighted by molar-refractivity contribution is 5.76. The van der Waals surface area contributed by atoms with Crippen LogP contribution in [0.5, 0.6) is 17.2 Å². The van der Waals surface area contributed by atoms with Crippen LogP contribution in [0.25, 0.3) is 0 Å². The first-order valence-electron chi connectivity index (χ1n) is 9.42. The summed E-state index contributed by atoms with van der Waals surface area (Å²) in [6, 6.07) is 24.1. The minimum atomic E-state index is -0.853. The molecule has 0 amide bonds. The first-order chi connectivity index (χ1) is 14.2. The zero-order chi connectivity index (χ0) is 20.5. The number of hydrogen-bond donors (Lipinski definition) is 1. The van der Waals surface area contributed by atoms with Crippen LogP contribution in [-0.4, -0.2) is 31.4 Å². The van der Waals surface area contributed by atoms with Gasteiger partial charge in [-0.3, -0.25) is 4.79 Å². The molecule has 0 aromatic heterocycles. The molecule has 29 heavy (non-hydrogen) atoms. The number of rotatable bonds is 10. The largest absolute Gasteiger partial charge is 0.497 e. The first-order valence-corrected chi connectivity index (χ1v) is 9.42. The van der Waals surface area contributed by atoms with Crippen molar-refractivity contribution in [1.82, 2.24) is 0 Å². The van der Waals surface area contributed by atoms with Crippen molar-refractivity contribution in [2.75, 3.05) is 20.3 Å². The van der Waals surface area contributed by atoms with Crippen molar-refractivity contribution in [3.05, 3.63) is 90.0 Å². The number of para-hydroxylation sites is 1. The number of carboxylic acid groups (broad SMARTS) is 1. The molecule has 0 fully saturated rings.